The Kier molecular flexibility index (Phi) is 8.40. The summed E-state index contributed by atoms with van der Waals surface area (Å²) in [4.78, 5) is 0. The van der Waals surface area contributed by atoms with Crippen LogP contribution in [0.2, 0.25) is 0 Å². The number of hydrogen-bond donors (Lipinski definition) is 0. The summed E-state index contributed by atoms with van der Waals surface area (Å²) in [6, 6.07) is 4.03. The molecular formula is C32H33F7O. The second-order valence-electron chi connectivity index (χ2n) is 11.6. The number of ether oxygens (including phenoxy) is 1. The number of allylic oxidation sites excluding steroid dienone is 2. The molecule has 0 bridgehead atoms. The fourth-order valence-electron chi connectivity index (χ4n) is 6.94. The normalized spacial score (nSPS) is 24.8. The van der Waals surface area contributed by atoms with Crippen molar-refractivity contribution in [2.24, 2.45) is 23.7 Å². The summed E-state index contributed by atoms with van der Waals surface area (Å²) >= 11 is 0. The molecule has 0 saturated heterocycles. The molecule has 0 heterocycles. The Balaban J connectivity index is 1.21. The summed E-state index contributed by atoms with van der Waals surface area (Å²) in [5, 5.41) is -0.351. The molecule has 3 aliphatic carbocycles. The van der Waals surface area contributed by atoms with Crippen molar-refractivity contribution in [3.8, 4) is 17.6 Å². The van der Waals surface area contributed by atoms with E-state index in [4.69, 9.17) is 4.74 Å². The fraction of sp³-hybridized carbons (Fsp3) is 0.562. The van der Waals surface area contributed by atoms with Crippen LogP contribution in [0.25, 0.3) is 10.8 Å². The highest BCUT2D eigenvalue weighted by atomic mass is 19.4. The Labute approximate surface area is 230 Å². The molecule has 0 amide bonds. The van der Waals surface area contributed by atoms with E-state index >= 15 is 8.78 Å². The first-order valence-corrected chi connectivity index (χ1v) is 14.3. The van der Waals surface area contributed by atoms with Crippen molar-refractivity contribution in [1.29, 1.82) is 0 Å². The van der Waals surface area contributed by atoms with Crippen LogP contribution in [0, 0.1) is 47.1 Å². The van der Waals surface area contributed by atoms with Gasteiger partial charge in [-0.25, -0.2) is 8.78 Å². The van der Waals surface area contributed by atoms with Crippen molar-refractivity contribution in [3.05, 3.63) is 53.1 Å². The molecule has 0 aliphatic heterocycles. The minimum absolute atomic E-state index is 0.111. The molecule has 1 unspecified atom stereocenters. The van der Waals surface area contributed by atoms with Gasteiger partial charge in [0, 0.05) is 11.3 Å². The van der Waals surface area contributed by atoms with Gasteiger partial charge in [0.05, 0.1) is 11.5 Å². The third-order valence-corrected chi connectivity index (χ3v) is 9.11. The highest BCUT2D eigenvalue weighted by molar-refractivity contribution is 5.86. The van der Waals surface area contributed by atoms with Crippen LogP contribution >= 0.6 is 0 Å². The van der Waals surface area contributed by atoms with Gasteiger partial charge in [0.2, 0.25) is 0 Å². The number of fused-ring (bicyclic) bond motifs is 1. The maximum absolute atomic E-state index is 15.1. The van der Waals surface area contributed by atoms with Crippen LogP contribution < -0.4 is 4.74 Å². The molecule has 216 valence electrons. The van der Waals surface area contributed by atoms with Crippen LogP contribution in [0.3, 0.4) is 0 Å². The molecule has 2 aromatic rings. The summed E-state index contributed by atoms with van der Waals surface area (Å²) < 4.78 is 101. The van der Waals surface area contributed by atoms with E-state index in [1.165, 1.54) is 50.0 Å². The predicted molar refractivity (Wildman–Crippen MR) is 140 cm³/mol. The van der Waals surface area contributed by atoms with Gasteiger partial charge in [-0.15, -0.1) is 0 Å². The van der Waals surface area contributed by atoms with E-state index in [-0.39, 0.29) is 16.5 Å². The molecule has 8 heteroatoms. The Bertz CT molecular complexity index is 1300. The highest BCUT2D eigenvalue weighted by Gasteiger charge is 2.44. The van der Waals surface area contributed by atoms with Crippen LogP contribution in [0.4, 0.5) is 30.7 Å². The number of benzene rings is 2. The Hall–Kier alpha value is -2.69. The predicted octanol–water partition coefficient (Wildman–Crippen LogP) is 10.1. The Morgan fingerprint density at radius 3 is 2.17 bits per heavy atom. The number of rotatable bonds is 5. The summed E-state index contributed by atoms with van der Waals surface area (Å²) in [7, 11) is 0. The lowest BCUT2D eigenvalue weighted by Gasteiger charge is -2.37. The highest BCUT2D eigenvalue weighted by Crippen LogP contribution is 2.45. The fourth-order valence-corrected chi connectivity index (χ4v) is 6.94. The van der Waals surface area contributed by atoms with Crippen LogP contribution in [0.5, 0.6) is 5.75 Å². The Morgan fingerprint density at radius 1 is 0.800 bits per heavy atom. The molecule has 2 fully saturated rings. The van der Waals surface area contributed by atoms with Gasteiger partial charge in [-0.3, -0.25) is 0 Å². The van der Waals surface area contributed by atoms with E-state index in [1.807, 2.05) is 0 Å². The zero-order chi connectivity index (χ0) is 28.5. The number of alkyl halides is 5. The van der Waals surface area contributed by atoms with Crippen molar-refractivity contribution in [3.63, 3.8) is 0 Å². The van der Waals surface area contributed by atoms with Crippen molar-refractivity contribution in [2.45, 2.75) is 89.3 Å². The van der Waals surface area contributed by atoms with E-state index in [9.17, 15) is 22.0 Å². The average molecular weight is 567 g/mol. The SMILES string of the molecule is Fc1cc2cc(OC(F)(F)C3CCC(C4=CCC(C5CCCCC5)CC4)CC3)ccc2c(F)c1C#CC(F)(F)F. The minimum atomic E-state index is -4.92. The molecule has 2 saturated carbocycles. The van der Waals surface area contributed by atoms with Gasteiger partial charge in [-0.2, -0.15) is 22.0 Å². The monoisotopic (exact) mass is 566 g/mol. The van der Waals surface area contributed by atoms with Gasteiger partial charge in [0.15, 0.2) is 0 Å². The first kappa shape index (κ1) is 28.8. The first-order valence-electron chi connectivity index (χ1n) is 14.3. The quantitative estimate of drug-likeness (QED) is 0.199. The second-order valence-corrected chi connectivity index (χ2v) is 11.6. The molecule has 1 atom stereocenters. The molecule has 1 nitrogen and oxygen atoms in total. The van der Waals surface area contributed by atoms with Gasteiger partial charge >= 0.3 is 12.3 Å². The maximum Gasteiger partial charge on any atom is 0.458 e. The van der Waals surface area contributed by atoms with E-state index in [2.05, 4.69) is 6.08 Å². The summed E-state index contributed by atoms with van der Waals surface area (Å²) in [6.45, 7) is 0. The van der Waals surface area contributed by atoms with Crippen LogP contribution in [0.15, 0.2) is 35.9 Å². The molecule has 40 heavy (non-hydrogen) atoms. The molecular weight excluding hydrogens is 533 g/mol. The summed E-state index contributed by atoms with van der Waals surface area (Å²) in [5.41, 5.74) is 0.394. The molecule has 0 spiro atoms. The van der Waals surface area contributed by atoms with E-state index in [0.717, 1.165) is 54.9 Å². The van der Waals surface area contributed by atoms with Crippen molar-refractivity contribution < 1.29 is 35.5 Å². The van der Waals surface area contributed by atoms with Crippen molar-refractivity contribution >= 4 is 10.8 Å². The summed E-state index contributed by atoms with van der Waals surface area (Å²) in [6.07, 6.45) is 6.09. The zero-order valence-electron chi connectivity index (χ0n) is 22.2. The van der Waals surface area contributed by atoms with Gasteiger partial charge in [0.1, 0.15) is 17.4 Å². The topological polar surface area (TPSA) is 9.23 Å². The third kappa shape index (κ3) is 6.61. The lowest BCUT2D eigenvalue weighted by molar-refractivity contribution is -0.223. The van der Waals surface area contributed by atoms with Gasteiger partial charge < -0.3 is 4.74 Å². The molecule has 0 radical (unpaired) electrons. The zero-order valence-corrected chi connectivity index (χ0v) is 22.2. The average Bonchev–Trinajstić information content (AvgIpc) is 2.92. The lowest BCUT2D eigenvalue weighted by Crippen LogP contribution is -2.37. The smallest absolute Gasteiger partial charge is 0.432 e. The van der Waals surface area contributed by atoms with Crippen molar-refractivity contribution in [1.82, 2.24) is 0 Å². The van der Waals surface area contributed by atoms with Gasteiger partial charge in [-0.05, 0) is 92.4 Å². The molecule has 2 aromatic carbocycles. The van der Waals surface area contributed by atoms with Gasteiger partial charge in [0.25, 0.3) is 0 Å². The molecule has 3 aliphatic rings. The molecule has 5 rings (SSSR count). The first-order chi connectivity index (χ1) is 19.0. The van der Waals surface area contributed by atoms with Crippen LogP contribution in [-0.2, 0) is 0 Å². The van der Waals surface area contributed by atoms with E-state index < -0.39 is 35.4 Å². The minimum Gasteiger partial charge on any atom is -0.432 e. The molecule has 0 aromatic heterocycles. The Morgan fingerprint density at radius 2 is 1.52 bits per heavy atom. The number of hydrogen-bond acceptors (Lipinski definition) is 1. The largest absolute Gasteiger partial charge is 0.458 e. The third-order valence-electron chi connectivity index (χ3n) is 9.11. The van der Waals surface area contributed by atoms with Gasteiger partial charge in [-0.1, -0.05) is 49.7 Å². The maximum atomic E-state index is 15.1. The van der Waals surface area contributed by atoms with Crippen molar-refractivity contribution in [2.75, 3.05) is 0 Å². The van der Waals surface area contributed by atoms with Crippen LogP contribution in [0.1, 0.15) is 82.6 Å². The number of halogens is 7. The van der Waals surface area contributed by atoms with E-state index in [1.54, 1.807) is 0 Å². The molecule has 0 N–H and O–H groups in total. The standard InChI is InChI=1S/C32H33F7O/c33-29-19-24-18-26(14-15-27(24)30(34)28(29)16-17-31(35,36)37)40-32(38,39)25-12-10-23(11-13-25)22-8-6-21(7-9-22)20-4-2-1-3-5-20/h8,14-15,18-21,23,25H,1-7,9-13H2. The lowest BCUT2D eigenvalue weighted by atomic mass is 9.70. The summed E-state index contributed by atoms with van der Waals surface area (Å²) in [5.74, 6) is 0.409. The second kappa shape index (κ2) is 11.7. The van der Waals surface area contributed by atoms with E-state index in [0.29, 0.717) is 31.6 Å². The van der Waals surface area contributed by atoms with Crippen LogP contribution in [-0.4, -0.2) is 12.3 Å².